The molecule has 8 heteroatoms. The monoisotopic (exact) mass is 245 g/mol. The number of nitrogens with zero attached hydrogens (tertiary/aromatic N) is 1. The molecule has 8 nitrogen and oxygen atoms in total. The number of hydrogen-bond donors (Lipinski definition) is 4. The lowest BCUT2D eigenvalue weighted by Crippen LogP contribution is -2.50. The van der Waals surface area contributed by atoms with Gasteiger partial charge < -0.3 is 26.2 Å². The summed E-state index contributed by atoms with van der Waals surface area (Å²) in [6, 6.07) is -1.25. The van der Waals surface area contributed by atoms with E-state index in [0.29, 0.717) is 19.4 Å². The molecule has 1 saturated heterocycles. The fourth-order valence-electron chi connectivity index (χ4n) is 1.68. The minimum absolute atomic E-state index is 0.391. The first-order valence-corrected chi connectivity index (χ1v) is 5.18. The average Bonchev–Trinajstić information content (AvgIpc) is 2.73. The number of likely N-dealkylation sites (tertiary alicyclic amines) is 1. The number of aliphatic carboxylic acids is 1. The van der Waals surface area contributed by atoms with Gasteiger partial charge in [-0.25, -0.2) is 9.59 Å². The van der Waals surface area contributed by atoms with Gasteiger partial charge in [0, 0.05) is 6.54 Å². The lowest BCUT2D eigenvalue weighted by atomic mass is 10.2. The van der Waals surface area contributed by atoms with Crippen molar-refractivity contribution in [2.45, 2.75) is 25.0 Å². The third kappa shape index (κ3) is 3.31. The molecular formula is C9H15N3O5. The molecule has 0 aromatic heterocycles. The minimum atomic E-state index is -1.66. The average molecular weight is 245 g/mol. The van der Waals surface area contributed by atoms with Crippen LogP contribution in [-0.4, -0.2) is 58.3 Å². The molecule has 1 rings (SSSR count). The Morgan fingerprint density at radius 1 is 1.47 bits per heavy atom. The molecule has 3 amide bonds. The van der Waals surface area contributed by atoms with E-state index < -0.39 is 36.6 Å². The van der Waals surface area contributed by atoms with E-state index in [1.54, 1.807) is 0 Å². The van der Waals surface area contributed by atoms with Crippen molar-refractivity contribution in [3.8, 4) is 0 Å². The zero-order chi connectivity index (χ0) is 13.0. The van der Waals surface area contributed by atoms with E-state index in [-0.39, 0.29) is 0 Å². The number of rotatable bonds is 4. The second-order valence-corrected chi connectivity index (χ2v) is 3.79. The second kappa shape index (κ2) is 5.48. The lowest BCUT2D eigenvalue weighted by molar-refractivity contribution is -0.146. The number of aliphatic hydroxyl groups excluding tert-OH is 1. The summed E-state index contributed by atoms with van der Waals surface area (Å²) in [5.74, 6) is -2.00. The maximum Gasteiger partial charge on any atom is 0.334 e. The quantitative estimate of drug-likeness (QED) is 0.458. The Labute approximate surface area is 97.4 Å². The van der Waals surface area contributed by atoms with Gasteiger partial charge in [0.1, 0.15) is 6.04 Å². The van der Waals surface area contributed by atoms with Gasteiger partial charge in [0.2, 0.25) is 5.91 Å². The van der Waals surface area contributed by atoms with Crippen LogP contribution in [0.1, 0.15) is 12.8 Å². The van der Waals surface area contributed by atoms with E-state index in [1.165, 1.54) is 4.90 Å². The first kappa shape index (κ1) is 13.2. The lowest BCUT2D eigenvalue weighted by Gasteiger charge is -2.22. The number of urea groups is 1. The summed E-state index contributed by atoms with van der Waals surface area (Å²) in [6.45, 7) is -0.0151. The van der Waals surface area contributed by atoms with Crippen LogP contribution >= 0.6 is 0 Å². The van der Waals surface area contributed by atoms with Gasteiger partial charge in [-0.3, -0.25) is 4.79 Å². The van der Waals surface area contributed by atoms with E-state index in [0.717, 1.165) is 0 Å². The molecule has 2 atom stereocenters. The highest BCUT2D eigenvalue weighted by molar-refractivity contribution is 5.86. The Balaban J connectivity index is 2.47. The fraction of sp³-hybridized carbons (Fsp3) is 0.667. The molecule has 1 aliphatic heterocycles. The van der Waals surface area contributed by atoms with Gasteiger partial charge in [-0.15, -0.1) is 0 Å². The summed E-state index contributed by atoms with van der Waals surface area (Å²) >= 11 is 0. The predicted octanol–water partition coefficient (Wildman–Crippen LogP) is -1.91. The topological polar surface area (TPSA) is 133 Å². The summed E-state index contributed by atoms with van der Waals surface area (Å²) in [5.41, 5.74) is 5.13. The third-order valence-electron chi connectivity index (χ3n) is 2.57. The molecule has 0 aromatic carbocycles. The standard InChI is InChI=1S/C9H15N3O5/c10-7(14)5-2-1-3-12(5)9(17)11-4-6(13)8(15)16/h5-6,13H,1-4H2,(H2,10,14)(H,11,17)(H,15,16). The highest BCUT2D eigenvalue weighted by atomic mass is 16.4. The van der Waals surface area contributed by atoms with Crippen LogP contribution in [0.3, 0.4) is 0 Å². The number of amides is 3. The summed E-state index contributed by atoms with van der Waals surface area (Å²) in [7, 11) is 0. The summed E-state index contributed by atoms with van der Waals surface area (Å²) in [6.07, 6.45) is -0.485. The number of carbonyl (C=O) groups excluding carboxylic acids is 2. The Morgan fingerprint density at radius 2 is 2.12 bits per heavy atom. The number of carboxylic acid groups (broad SMARTS) is 1. The summed E-state index contributed by atoms with van der Waals surface area (Å²) in [5, 5.41) is 19.6. The van der Waals surface area contributed by atoms with E-state index in [2.05, 4.69) is 5.32 Å². The van der Waals surface area contributed by atoms with Gasteiger partial charge in [-0.05, 0) is 12.8 Å². The molecule has 5 N–H and O–H groups in total. The molecule has 0 radical (unpaired) electrons. The molecule has 1 aliphatic rings. The zero-order valence-corrected chi connectivity index (χ0v) is 9.13. The largest absolute Gasteiger partial charge is 0.479 e. The van der Waals surface area contributed by atoms with Crippen molar-refractivity contribution in [1.82, 2.24) is 10.2 Å². The number of nitrogens with one attached hydrogen (secondary N) is 1. The SMILES string of the molecule is NC(=O)C1CCCN1C(=O)NCC(O)C(=O)O. The van der Waals surface area contributed by atoms with Crippen LogP contribution in [0.25, 0.3) is 0 Å². The Morgan fingerprint density at radius 3 is 2.65 bits per heavy atom. The van der Waals surface area contributed by atoms with Crippen molar-refractivity contribution < 1.29 is 24.6 Å². The molecule has 0 saturated carbocycles. The van der Waals surface area contributed by atoms with Crippen molar-refractivity contribution in [3.63, 3.8) is 0 Å². The normalized spacial score (nSPS) is 21.0. The number of carbonyl (C=O) groups is 3. The Hall–Kier alpha value is -1.83. The van der Waals surface area contributed by atoms with Gasteiger partial charge in [-0.1, -0.05) is 0 Å². The minimum Gasteiger partial charge on any atom is -0.479 e. The molecule has 0 aromatic rings. The highest BCUT2D eigenvalue weighted by Gasteiger charge is 2.32. The summed E-state index contributed by atoms with van der Waals surface area (Å²) in [4.78, 5) is 34.2. The predicted molar refractivity (Wildman–Crippen MR) is 56.0 cm³/mol. The van der Waals surface area contributed by atoms with E-state index in [4.69, 9.17) is 15.9 Å². The smallest absolute Gasteiger partial charge is 0.334 e. The van der Waals surface area contributed by atoms with Crippen LogP contribution in [-0.2, 0) is 9.59 Å². The zero-order valence-electron chi connectivity index (χ0n) is 9.13. The van der Waals surface area contributed by atoms with Crippen LogP contribution in [0.5, 0.6) is 0 Å². The summed E-state index contributed by atoms with van der Waals surface area (Å²) < 4.78 is 0. The van der Waals surface area contributed by atoms with E-state index >= 15 is 0 Å². The number of aliphatic hydroxyl groups is 1. The van der Waals surface area contributed by atoms with E-state index in [1.807, 2.05) is 0 Å². The molecule has 0 spiro atoms. The number of primary amides is 1. The number of nitrogens with two attached hydrogens (primary N) is 1. The Kier molecular flexibility index (Phi) is 4.27. The number of hydrogen-bond acceptors (Lipinski definition) is 4. The van der Waals surface area contributed by atoms with Gasteiger partial charge in [0.15, 0.2) is 6.10 Å². The highest BCUT2D eigenvalue weighted by Crippen LogP contribution is 2.16. The van der Waals surface area contributed by atoms with E-state index in [9.17, 15) is 14.4 Å². The van der Waals surface area contributed by atoms with Crippen LogP contribution < -0.4 is 11.1 Å². The molecule has 2 unspecified atom stereocenters. The maximum absolute atomic E-state index is 11.6. The Bertz CT molecular complexity index is 333. The van der Waals surface area contributed by atoms with Crippen LogP contribution in [0.2, 0.25) is 0 Å². The fourth-order valence-corrected chi connectivity index (χ4v) is 1.68. The van der Waals surface area contributed by atoms with Gasteiger partial charge in [0.05, 0.1) is 6.54 Å². The maximum atomic E-state index is 11.6. The van der Waals surface area contributed by atoms with Gasteiger partial charge in [-0.2, -0.15) is 0 Å². The second-order valence-electron chi connectivity index (χ2n) is 3.79. The van der Waals surface area contributed by atoms with Crippen molar-refractivity contribution in [2.24, 2.45) is 5.73 Å². The van der Waals surface area contributed by atoms with Gasteiger partial charge in [0.25, 0.3) is 0 Å². The van der Waals surface area contributed by atoms with Gasteiger partial charge >= 0.3 is 12.0 Å². The van der Waals surface area contributed by atoms with Crippen LogP contribution in [0.4, 0.5) is 4.79 Å². The molecule has 17 heavy (non-hydrogen) atoms. The molecule has 0 bridgehead atoms. The van der Waals surface area contributed by atoms with Crippen LogP contribution in [0, 0.1) is 0 Å². The number of carboxylic acids is 1. The molecular weight excluding hydrogens is 230 g/mol. The molecule has 1 fully saturated rings. The first-order chi connectivity index (χ1) is 7.93. The third-order valence-corrected chi connectivity index (χ3v) is 2.57. The van der Waals surface area contributed by atoms with Crippen LogP contribution in [0.15, 0.2) is 0 Å². The molecule has 1 heterocycles. The van der Waals surface area contributed by atoms with Crippen molar-refractivity contribution in [1.29, 1.82) is 0 Å². The van der Waals surface area contributed by atoms with Crippen molar-refractivity contribution in [2.75, 3.05) is 13.1 Å². The molecule has 0 aliphatic carbocycles. The molecule has 96 valence electrons. The first-order valence-electron chi connectivity index (χ1n) is 5.18. The van der Waals surface area contributed by atoms with Crippen molar-refractivity contribution >= 4 is 17.9 Å². The van der Waals surface area contributed by atoms with Crippen molar-refractivity contribution in [3.05, 3.63) is 0 Å².